The summed E-state index contributed by atoms with van der Waals surface area (Å²) in [5.74, 6) is 1.62. The smallest absolute Gasteiger partial charge is 0.150 e. The summed E-state index contributed by atoms with van der Waals surface area (Å²) in [6.07, 6.45) is 3.53. The fraction of sp³-hybridized carbons (Fsp3) is 0.118. The molecule has 1 aromatic heterocycles. The van der Waals surface area contributed by atoms with Crippen molar-refractivity contribution >= 4 is 10.8 Å². The third-order valence-electron chi connectivity index (χ3n) is 3.19. The molecule has 0 saturated heterocycles. The van der Waals surface area contributed by atoms with Crippen molar-refractivity contribution < 1.29 is 4.74 Å². The highest BCUT2D eigenvalue weighted by atomic mass is 16.5. The topological polar surface area (TPSA) is 34.2 Å². The predicted octanol–water partition coefficient (Wildman–Crippen LogP) is 3.75. The van der Waals surface area contributed by atoms with Gasteiger partial charge in [0.15, 0.2) is 0 Å². The Morgan fingerprint density at radius 3 is 2.75 bits per heavy atom. The van der Waals surface area contributed by atoms with Crippen molar-refractivity contribution in [2.45, 2.75) is 6.54 Å². The van der Waals surface area contributed by atoms with Crippen LogP contribution in [0.5, 0.6) is 11.5 Å². The van der Waals surface area contributed by atoms with Crippen molar-refractivity contribution in [2.75, 3.05) is 7.05 Å². The Kier molecular flexibility index (Phi) is 3.61. The van der Waals surface area contributed by atoms with Crippen LogP contribution in [0.3, 0.4) is 0 Å². The summed E-state index contributed by atoms with van der Waals surface area (Å²) in [5.41, 5.74) is 1.09. The number of pyridine rings is 1. The maximum absolute atomic E-state index is 5.97. The highest BCUT2D eigenvalue weighted by Crippen LogP contribution is 2.27. The number of hydrogen-bond acceptors (Lipinski definition) is 3. The van der Waals surface area contributed by atoms with E-state index >= 15 is 0 Å². The molecule has 2 aromatic carbocycles. The molecule has 0 bridgehead atoms. The van der Waals surface area contributed by atoms with Gasteiger partial charge in [0.1, 0.15) is 11.5 Å². The first kappa shape index (κ1) is 12.6. The van der Waals surface area contributed by atoms with Gasteiger partial charge < -0.3 is 10.1 Å². The van der Waals surface area contributed by atoms with E-state index in [9.17, 15) is 0 Å². The van der Waals surface area contributed by atoms with E-state index in [2.05, 4.69) is 28.5 Å². The van der Waals surface area contributed by atoms with Crippen molar-refractivity contribution in [1.29, 1.82) is 0 Å². The van der Waals surface area contributed by atoms with Crippen molar-refractivity contribution in [1.82, 2.24) is 10.3 Å². The van der Waals surface area contributed by atoms with Gasteiger partial charge in [-0.3, -0.25) is 4.98 Å². The molecule has 1 heterocycles. The van der Waals surface area contributed by atoms with Crippen LogP contribution in [0.2, 0.25) is 0 Å². The van der Waals surface area contributed by atoms with Crippen molar-refractivity contribution in [3.05, 3.63) is 66.5 Å². The molecular formula is C17H16N2O. The van der Waals surface area contributed by atoms with E-state index in [0.717, 1.165) is 23.6 Å². The molecule has 20 heavy (non-hydrogen) atoms. The molecule has 0 aliphatic rings. The second-order valence-corrected chi connectivity index (χ2v) is 4.62. The second kappa shape index (κ2) is 5.72. The summed E-state index contributed by atoms with van der Waals surface area (Å²) in [4.78, 5) is 4.13. The summed E-state index contributed by atoms with van der Waals surface area (Å²) in [5, 5.41) is 5.51. The maximum atomic E-state index is 5.97. The lowest BCUT2D eigenvalue weighted by Gasteiger charge is -2.10. The first-order valence-corrected chi connectivity index (χ1v) is 6.61. The highest BCUT2D eigenvalue weighted by Gasteiger charge is 2.05. The molecule has 0 amide bonds. The van der Waals surface area contributed by atoms with Crippen LogP contribution in [-0.2, 0) is 6.54 Å². The average molecular weight is 264 g/mol. The van der Waals surface area contributed by atoms with Crippen LogP contribution in [0.4, 0.5) is 0 Å². The SMILES string of the molecule is CNCc1ccncc1Oc1ccc2ccccc2c1. The number of aromatic nitrogens is 1. The van der Waals surface area contributed by atoms with Crippen LogP contribution in [0.1, 0.15) is 5.56 Å². The number of benzene rings is 2. The normalized spacial score (nSPS) is 10.7. The molecule has 3 nitrogen and oxygen atoms in total. The Hall–Kier alpha value is -2.39. The largest absolute Gasteiger partial charge is 0.455 e. The molecule has 3 rings (SSSR count). The van der Waals surface area contributed by atoms with Gasteiger partial charge in [-0.15, -0.1) is 0 Å². The quantitative estimate of drug-likeness (QED) is 0.779. The van der Waals surface area contributed by atoms with Crippen LogP contribution >= 0.6 is 0 Å². The van der Waals surface area contributed by atoms with E-state index in [1.165, 1.54) is 10.8 Å². The molecule has 3 aromatic rings. The first-order valence-electron chi connectivity index (χ1n) is 6.61. The lowest BCUT2D eigenvalue weighted by atomic mass is 10.1. The minimum atomic E-state index is 0.755. The molecule has 0 unspecified atom stereocenters. The Morgan fingerprint density at radius 1 is 1.05 bits per heavy atom. The monoisotopic (exact) mass is 264 g/mol. The third kappa shape index (κ3) is 2.63. The number of hydrogen-bond donors (Lipinski definition) is 1. The van der Waals surface area contributed by atoms with Gasteiger partial charge in [0, 0.05) is 18.3 Å². The number of ether oxygens (including phenoxy) is 1. The molecule has 0 fully saturated rings. The molecule has 0 radical (unpaired) electrons. The van der Waals surface area contributed by atoms with Crippen LogP contribution < -0.4 is 10.1 Å². The summed E-state index contributed by atoms with van der Waals surface area (Å²) < 4.78 is 5.97. The minimum Gasteiger partial charge on any atom is -0.455 e. The molecule has 0 spiro atoms. The average Bonchev–Trinajstić information content (AvgIpc) is 2.49. The highest BCUT2D eigenvalue weighted by molar-refractivity contribution is 5.83. The van der Waals surface area contributed by atoms with Gasteiger partial charge >= 0.3 is 0 Å². The van der Waals surface area contributed by atoms with Crippen molar-refractivity contribution in [3.63, 3.8) is 0 Å². The molecule has 0 atom stereocenters. The van der Waals surface area contributed by atoms with E-state index in [1.54, 1.807) is 12.4 Å². The summed E-state index contributed by atoms with van der Waals surface area (Å²) >= 11 is 0. The fourth-order valence-electron chi connectivity index (χ4n) is 2.20. The number of rotatable bonds is 4. The zero-order valence-corrected chi connectivity index (χ0v) is 11.3. The molecule has 1 N–H and O–H groups in total. The fourth-order valence-corrected chi connectivity index (χ4v) is 2.20. The number of fused-ring (bicyclic) bond motifs is 1. The van der Waals surface area contributed by atoms with Crippen LogP contribution in [-0.4, -0.2) is 12.0 Å². The number of nitrogens with one attached hydrogen (secondary N) is 1. The van der Waals surface area contributed by atoms with E-state index < -0.39 is 0 Å². The standard InChI is InChI=1S/C17H16N2O/c1-18-11-15-8-9-19-12-17(15)20-16-7-6-13-4-2-3-5-14(13)10-16/h2-10,12,18H,11H2,1H3. The van der Waals surface area contributed by atoms with Gasteiger partial charge in [-0.2, -0.15) is 0 Å². The molecule has 0 aliphatic carbocycles. The molecule has 0 saturated carbocycles. The zero-order chi connectivity index (χ0) is 13.8. The van der Waals surface area contributed by atoms with E-state index in [1.807, 2.05) is 37.4 Å². The van der Waals surface area contributed by atoms with Gasteiger partial charge in [-0.25, -0.2) is 0 Å². The predicted molar refractivity (Wildman–Crippen MR) is 81.0 cm³/mol. The zero-order valence-electron chi connectivity index (χ0n) is 11.3. The van der Waals surface area contributed by atoms with Gasteiger partial charge in [0.2, 0.25) is 0 Å². The Labute approximate surface area is 118 Å². The van der Waals surface area contributed by atoms with E-state index in [0.29, 0.717) is 0 Å². The lowest BCUT2D eigenvalue weighted by molar-refractivity contribution is 0.472. The minimum absolute atomic E-state index is 0.755. The molecule has 0 aliphatic heterocycles. The Morgan fingerprint density at radius 2 is 1.90 bits per heavy atom. The van der Waals surface area contributed by atoms with Gasteiger partial charge in [0.05, 0.1) is 6.20 Å². The van der Waals surface area contributed by atoms with Crippen LogP contribution in [0.15, 0.2) is 60.9 Å². The van der Waals surface area contributed by atoms with Crippen molar-refractivity contribution in [2.24, 2.45) is 0 Å². The molecule has 100 valence electrons. The third-order valence-corrected chi connectivity index (χ3v) is 3.19. The van der Waals surface area contributed by atoms with Gasteiger partial charge in [-0.1, -0.05) is 30.3 Å². The number of nitrogens with zero attached hydrogens (tertiary/aromatic N) is 1. The lowest BCUT2D eigenvalue weighted by Crippen LogP contribution is -2.06. The summed E-state index contributed by atoms with van der Waals surface area (Å²) in [6.45, 7) is 0.755. The second-order valence-electron chi connectivity index (χ2n) is 4.62. The van der Waals surface area contributed by atoms with Gasteiger partial charge in [-0.05, 0) is 36.0 Å². The van der Waals surface area contributed by atoms with Crippen LogP contribution in [0, 0.1) is 0 Å². The van der Waals surface area contributed by atoms with E-state index in [4.69, 9.17) is 4.74 Å². The van der Waals surface area contributed by atoms with Gasteiger partial charge in [0.25, 0.3) is 0 Å². The van der Waals surface area contributed by atoms with E-state index in [-0.39, 0.29) is 0 Å². The first-order chi connectivity index (χ1) is 9.86. The molecular weight excluding hydrogens is 248 g/mol. The van der Waals surface area contributed by atoms with Crippen LogP contribution in [0.25, 0.3) is 10.8 Å². The van der Waals surface area contributed by atoms with Crippen molar-refractivity contribution in [3.8, 4) is 11.5 Å². The Bertz CT molecular complexity index is 725. The summed E-state index contributed by atoms with van der Waals surface area (Å²) in [6, 6.07) is 16.3. The maximum Gasteiger partial charge on any atom is 0.150 e. The Balaban J connectivity index is 1.93. The molecule has 3 heteroatoms. The summed E-state index contributed by atoms with van der Waals surface area (Å²) in [7, 11) is 1.92.